The van der Waals surface area contributed by atoms with Gasteiger partial charge < -0.3 is 19.7 Å². The monoisotopic (exact) mass is 412 g/mol. The molecule has 0 aliphatic carbocycles. The number of nitrogens with one attached hydrogen (secondary N) is 1. The first kappa shape index (κ1) is 23.3. The summed E-state index contributed by atoms with van der Waals surface area (Å²) in [6.07, 6.45) is 0.872. The van der Waals surface area contributed by atoms with E-state index in [0.29, 0.717) is 26.0 Å². The second kappa shape index (κ2) is 11.9. The largest absolute Gasteiger partial charge is 0.497 e. The molecule has 30 heavy (non-hydrogen) atoms. The fraction of sp³-hybridized carbons (Fsp3) is 0.417. The van der Waals surface area contributed by atoms with Gasteiger partial charge in [-0.15, -0.1) is 0 Å². The minimum absolute atomic E-state index is 0.00740. The summed E-state index contributed by atoms with van der Waals surface area (Å²) < 4.78 is 11.0. The fourth-order valence-electron chi connectivity index (χ4n) is 3.03. The first-order valence-corrected chi connectivity index (χ1v) is 10.3. The van der Waals surface area contributed by atoms with E-state index < -0.39 is 6.04 Å². The van der Waals surface area contributed by atoms with Crippen LogP contribution in [-0.4, -0.2) is 42.5 Å². The molecule has 2 amide bonds. The highest BCUT2D eigenvalue weighted by Crippen LogP contribution is 2.17. The van der Waals surface area contributed by atoms with Crippen molar-refractivity contribution in [3.63, 3.8) is 0 Å². The van der Waals surface area contributed by atoms with Gasteiger partial charge in [0, 0.05) is 19.0 Å². The Morgan fingerprint density at radius 1 is 1.00 bits per heavy atom. The summed E-state index contributed by atoms with van der Waals surface area (Å²) >= 11 is 0. The van der Waals surface area contributed by atoms with Crippen molar-refractivity contribution in [2.24, 2.45) is 0 Å². The van der Waals surface area contributed by atoms with Crippen LogP contribution in [0.1, 0.15) is 39.2 Å². The molecule has 0 saturated heterocycles. The van der Waals surface area contributed by atoms with Gasteiger partial charge in [0.25, 0.3) is 0 Å². The van der Waals surface area contributed by atoms with Crippen LogP contribution in [0.5, 0.6) is 11.5 Å². The smallest absolute Gasteiger partial charge is 0.242 e. The van der Waals surface area contributed by atoms with Crippen molar-refractivity contribution in [3.05, 3.63) is 60.2 Å². The van der Waals surface area contributed by atoms with Gasteiger partial charge in [0.05, 0.1) is 13.7 Å². The van der Waals surface area contributed by atoms with Crippen LogP contribution in [0.3, 0.4) is 0 Å². The molecule has 0 saturated carbocycles. The topological polar surface area (TPSA) is 67.9 Å². The predicted molar refractivity (Wildman–Crippen MR) is 117 cm³/mol. The van der Waals surface area contributed by atoms with Crippen LogP contribution in [0.25, 0.3) is 0 Å². The number of ether oxygens (including phenoxy) is 2. The van der Waals surface area contributed by atoms with E-state index in [1.165, 1.54) is 0 Å². The molecule has 0 radical (unpaired) electrons. The van der Waals surface area contributed by atoms with Gasteiger partial charge >= 0.3 is 0 Å². The molecule has 1 N–H and O–H groups in total. The Bertz CT molecular complexity index is 808. The molecule has 2 aromatic carbocycles. The predicted octanol–water partition coefficient (Wildman–Crippen LogP) is 3.80. The average molecular weight is 413 g/mol. The summed E-state index contributed by atoms with van der Waals surface area (Å²) in [7, 11) is 1.60. The number of hydrogen-bond acceptors (Lipinski definition) is 4. The van der Waals surface area contributed by atoms with E-state index in [9.17, 15) is 9.59 Å². The quantitative estimate of drug-likeness (QED) is 0.570. The van der Waals surface area contributed by atoms with Crippen LogP contribution in [0, 0.1) is 0 Å². The van der Waals surface area contributed by atoms with Crippen molar-refractivity contribution in [2.75, 3.05) is 13.7 Å². The van der Waals surface area contributed by atoms with E-state index in [-0.39, 0.29) is 17.9 Å². The molecular formula is C24H32N2O4. The number of amides is 2. The fourth-order valence-corrected chi connectivity index (χ4v) is 3.03. The highest BCUT2D eigenvalue weighted by molar-refractivity contribution is 5.87. The van der Waals surface area contributed by atoms with E-state index in [1.807, 2.05) is 68.4 Å². The zero-order valence-electron chi connectivity index (χ0n) is 18.3. The molecule has 2 rings (SSSR count). The maximum atomic E-state index is 13.0. The molecule has 0 spiro atoms. The van der Waals surface area contributed by atoms with Crippen LogP contribution in [-0.2, 0) is 16.1 Å². The molecule has 6 heteroatoms. The Labute approximate surface area is 179 Å². The zero-order valence-corrected chi connectivity index (χ0v) is 18.3. The number of hydrogen-bond donors (Lipinski definition) is 1. The normalized spacial score (nSPS) is 11.6. The van der Waals surface area contributed by atoms with Crippen molar-refractivity contribution < 1.29 is 19.1 Å². The molecule has 0 fully saturated rings. The molecule has 0 bridgehead atoms. The highest BCUT2D eigenvalue weighted by atomic mass is 16.5. The van der Waals surface area contributed by atoms with Crippen LogP contribution in [0.4, 0.5) is 0 Å². The van der Waals surface area contributed by atoms with E-state index in [0.717, 1.165) is 17.1 Å². The lowest BCUT2D eigenvalue weighted by atomic mass is 10.1. The number of nitrogens with zero attached hydrogens (tertiary/aromatic N) is 1. The van der Waals surface area contributed by atoms with Crippen molar-refractivity contribution >= 4 is 11.8 Å². The van der Waals surface area contributed by atoms with E-state index in [2.05, 4.69) is 5.32 Å². The maximum absolute atomic E-state index is 13.0. The SMILES string of the molecule is COc1cccc(CN(C(=O)CCCOc2ccccc2)[C@@H](C)C(=O)NC(C)C)c1. The first-order chi connectivity index (χ1) is 14.4. The highest BCUT2D eigenvalue weighted by Gasteiger charge is 2.26. The van der Waals surface area contributed by atoms with Crippen LogP contribution in [0.2, 0.25) is 0 Å². The molecular weight excluding hydrogens is 380 g/mol. The van der Waals surface area contributed by atoms with Gasteiger partial charge in [0.15, 0.2) is 0 Å². The van der Waals surface area contributed by atoms with Gasteiger partial charge in [-0.1, -0.05) is 30.3 Å². The van der Waals surface area contributed by atoms with Crippen molar-refractivity contribution in [2.45, 2.75) is 52.2 Å². The average Bonchev–Trinajstić information content (AvgIpc) is 2.74. The minimum atomic E-state index is -0.582. The number of carbonyl (C=O) groups is 2. The molecule has 0 aromatic heterocycles. The van der Waals surface area contributed by atoms with Gasteiger partial charge in [-0.2, -0.15) is 0 Å². The standard InChI is InChI=1S/C24H32N2O4/c1-18(2)25-24(28)19(3)26(17-20-10-8-13-22(16-20)29-4)23(27)14-9-15-30-21-11-6-5-7-12-21/h5-8,10-13,16,18-19H,9,14-15,17H2,1-4H3,(H,25,28)/t19-/m0/s1. The summed E-state index contributed by atoms with van der Waals surface area (Å²) in [6, 6.07) is 16.5. The molecule has 0 heterocycles. The molecule has 2 aromatic rings. The van der Waals surface area contributed by atoms with Crippen LogP contribution in [0.15, 0.2) is 54.6 Å². The van der Waals surface area contributed by atoms with Gasteiger partial charge in [0.2, 0.25) is 11.8 Å². The molecule has 0 aliphatic rings. The van der Waals surface area contributed by atoms with Crippen molar-refractivity contribution in [1.29, 1.82) is 0 Å². The second-order valence-electron chi connectivity index (χ2n) is 7.48. The summed E-state index contributed by atoms with van der Waals surface area (Å²) in [6.45, 7) is 6.34. The minimum Gasteiger partial charge on any atom is -0.497 e. The Hall–Kier alpha value is -3.02. The Kier molecular flexibility index (Phi) is 9.19. The number of para-hydroxylation sites is 1. The number of carbonyl (C=O) groups excluding carboxylic acids is 2. The third-order valence-electron chi connectivity index (χ3n) is 4.63. The summed E-state index contributed by atoms with van der Waals surface area (Å²) in [4.78, 5) is 27.2. The summed E-state index contributed by atoms with van der Waals surface area (Å²) in [5.74, 6) is 1.25. The lowest BCUT2D eigenvalue weighted by molar-refractivity contribution is -0.141. The van der Waals surface area contributed by atoms with E-state index in [1.54, 1.807) is 18.9 Å². The molecule has 6 nitrogen and oxygen atoms in total. The van der Waals surface area contributed by atoms with Crippen LogP contribution >= 0.6 is 0 Å². The van der Waals surface area contributed by atoms with E-state index >= 15 is 0 Å². The third kappa shape index (κ3) is 7.43. The lowest BCUT2D eigenvalue weighted by Crippen LogP contribution is -2.49. The number of rotatable bonds is 11. The second-order valence-corrected chi connectivity index (χ2v) is 7.48. The van der Waals surface area contributed by atoms with Gasteiger partial charge in [0.1, 0.15) is 17.5 Å². The van der Waals surface area contributed by atoms with E-state index in [4.69, 9.17) is 9.47 Å². The van der Waals surface area contributed by atoms with Crippen molar-refractivity contribution in [1.82, 2.24) is 10.2 Å². The van der Waals surface area contributed by atoms with Gasteiger partial charge in [-0.3, -0.25) is 9.59 Å². The van der Waals surface area contributed by atoms with Gasteiger partial charge in [-0.25, -0.2) is 0 Å². The third-order valence-corrected chi connectivity index (χ3v) is 4.63. The summed E-state index contributed by atoms with van der Waals surface area (Å²) in [5.41, 5.74) is 0.910. The zero-order chi connectivity index (χ0) is 21.9. The molecule has 0 aliphatic heterocycles. The molecule has 162 valence electrons. The number of benzene rings is 2. The lowest BCUT2D eigenvalue weighted by Gasteiger charge is -2.29. The van der Waals surface area contributed by atoms with Crippen molar-refractivity contribution in [3.8, 4) is 11.5 Å². The first-order valence-electron chi connectivity index (χ1n) is 10.3. The Morgan fingerprint density at radius 2 is 1.70 bits per heavy atom. The Balaban J connectivity index is 2.02. The molecule has 1 atom stereocenters. The van der Waals surface area contributed by atoms with Gasteiger partial charge in [-0.05, 0) is 57.0 Å². The number of methoxy groups -OCH3 is 1. The molecule has 0 unspecified atom stereocenters. The Morgan fingerprint density at radius 3 is 2.37 bits per heavy atom. The maximum Gasteiger partial charge on any atom is 0.242 e. The van der Waals surface area contributed by atoms with Crippen LogP contribution < -0.4 is 14.8 Å². The summed E-state index contributed by atoms with van der Waals surface area (Å²) in [5, 5.41) is 2.89.